The minimum atomic E-state index is 0.353. The van der Waals surface area contributed by atoms with Crippen LogP contribution < -0.4 is 10.6 Å². The molecule has 1 aromatic heterocycles. The Morgan fingerprint density at radius 2 is 2.14 bits per heavy atom. The first-order valence-corrected chi connectivity index (χ1v) is 5.04. The second kappa shape index (κ2) is 3.92. The summed E-state index contributed by atoms with van der Waals surface area (Å²) >= 11 is 0. The predicted molar refractivity (Wildman–Crippen MR) is 56.0 cm³/mol. The van der Waals surface area contributed by atoms with E-state index in [1.165, 1.54) is 0 Å². The lowest BCUT2D eigenvalue weighted by molar-refractivity contribution is 0.429. The number of rotatable bonds is 1. The molecule has 0 radical (unpaired) electrons. The average Bonchev–Trinajstić information content (AvgIpc) is 2.19. The minimum absolute atomic E-state index is 0.353. The van der Waals surface area contributed by atoms with Gasteiger partial charge in [0, 0.05) is 18.6 Å². The topological polar surface area (TPSA) is 55.0 Å². The van der Waals surface area contributed by atoms with E-state index in [0.29, 0.717) is 12.1 Å². The molecule has 4 nitrogen and oxygen atoms in total. The molecule has 14 heavy (non-hydrogen) atoms. The van der Waals surface area contributed by atoms with Crippen molar-refractivity contribution in [3.8, 4) is 0 Å². The number of piperidine rings is 1. The minimum Gasteiger partial charge on any atom is -0.366 e. The van der Waals surface area contributed by atoms with E-state index < -0.39 is 0 Å². The fraction of sp³-hybridized carbons (Fsp3) is 0.600. The molecule has 2 rings (SSSR count). The largest absolute Gasteiger partial charge is 0.366 e. The molecular weight excluding hydrogens is 176 g/mol. The van der Waals surface area contributed by atoms with Crippen LogP contribution in [0.25, 0.3) is 0 Å². The van der Waals surface area contributed by atoms with E-state index in [4.69, 9.17) is 5.73 Å². The predicted octanol–water partition coefficient (Wildman–Crippen LogP) is 0.793. The molecule has 0 saturated carbocycles. The molecule has 4 heteroatoms. The molecule has 2 atom stereocenters. The Hall–Kier alpha value is -1.16. The van der Waals surface area contributed by atoms with Crippen LogP contribution in [0.1, 0.15) is 19.8 Å². The first-order chi connectivity index (χ1) is 6.77. The maximum atomic E-state index is 5.91. The van der Waals surface area contributed by atoms with Crippen LogP contribution >= 0.6 is 0 Å². The number of nitrogens with two attached hydrogens (primary N) is 1. The molecule has 0 amide bonds. The summed E-state index contributed by atoms with van der Waals surface area (Å²) in [7, 11) is 0. The van der Waals surface area contributed by atoms with Gasteiger partial charge in [-0.3, -0.25) is 0 Å². The molecule has 0 bridgehead atoms. The summed E-state index contributed by atoms with van der Waals surface area (Å²) in [4.78, 5) is 10.4. The van der Waals surface area contributed by atoms with Gasteiger partial charge < -0.3 is 10.6 Å². The Morgan fingerprint density at radius 1 is 1.43 bits per heavy atom. The number of hydrogen-bond acceptors (Lipinski definition) is 4. The Balaban J connectivity index is 2.12. The van der Waals surface area contributed by atoms with Crippen LogP contribution in [-0.2, 0) is 0 Å². The van der Waals surface area contributed by atoms with Gasteiger partial charge in [-0.15, -0.1) is 0 Å². The van der Waals surface area contributed by atoms with Crippen LogP contribution in [0.4, 0.5) is 5.69 Å². The van der Waals surface area contributed by atoms with Crippen molar-refractivity contribution in [3.63, 3.8) is 0 Å². The summed E-state index contributed by atoms with van der Waals surface area (Å²) in [5.41, 5.74) is 7.01. The third-order valence-corrected chi connectivity index (χ3v) is 2.80. The van der Waals surface area contributed by atoms with Crippen molar-refractivity contribution in [2.45, 2.75) is 31.8 Å². The van der Waals surface area contributed by atoms with Gasteiger partial charge in [-0.05, 0) is 19.8 Å². The van der Waals surface area contributed by atoms with Gasteiger partial charge in [0.1, 0.15) is 6.33 Å². The highest BCUT2D eigenvalue weighted by Crippen LogP contribution is 2.22. The first kappa shape index (κ1) is 9.40. The van der Waals surface area contributed by atoms with Gasteiger partial charge in [-0.25, -0.2) is 9.97 Å². The second-order valence-electron chi connectivity index (χ2n) is 3.92. The number of anilines is 1. The van der Waals surface area contributed by atoms with E-state index >= 15 is 0 Å². The molecule has 1 fully saturated rings. The van der Waals surface area contributed by atoms with Crippen LogP contribution in [0.2, 0.25) is 0 Å². The Labute approximate surface area is 84.2 Å². The summed E-state index contributed by atoms with van der Waals surface area (Å²) in [6.07, 6.45) is 7.39. The second-order valence-corrected chi connectivity index (χ2v) is 3.92. The van der Waals surface area contributed by atoms with Gasteiger partial charge in [0.2, 0.25) is 0 Å². The number of nitrogens with zero attached hydrogens (tertiary/aromatic N) is 3. The smallest absolute Gasteiger partial charge is 0.115 e. The fourth-order valence-electron chi connectivity index (χ4n) is 2.03. The lowest BCUT2D eigenvalue weighted by Gasteiger charge is -2.37. The van der Waals surface area contributed by atoms with Crippen LogP contribution in [-0.4, -0.2) is 28.6 Å². The van der Waals surface area contributed by atoms with E-state index in [1.807, 2.05) is 12.4 Å². The molecule has 0 aromatic carbocycles. The third kappa shape index (κ3) is 1.85. The fourth-order valence-corrected chi connectivity index (χ4v) is 2.03. The van der Waals surface area contributed by atoms with Gasteiger partial charge in [-0.1, -0.05) is 0 Å². The highest BCUT2D eigenvalue weighted by atomic mass is 15.2. The van der Waals surface area contributed by atoms with Crippen LogP contribution in [0, 0.1) is 0 Å². The molecule has 2 heterocycles. The summed E-state index contributed by atoms with van der Waals surface area (Å²) in [5, 5.41) is 0. The van der Waals surface area contributed by atoms with Crippen molar-refractivity contribution in [3.05, 3.63) is 18.7 Å². The van der Waals surface area contributed by atoms with Crippen molar-refractivity contribution in [1.82, 2.24) is 9.97 Å². The van der Waals surface area contributed by atoms with Crippen LogP contribution in [0.15, 0.2) is 18.7 Å². The summed E-state index contributed by atoms with van der Waals surface area (Å²) in [6, 6.07) is 0.843. The van der Waals surface area contributed by atoms with E-state index in [2.05, 4.69) is 21.8 Å². The van der Waals surface area contributed by atoms with Gasteiger partial charge >= 0.3 is 0 Å². The lowest BCUT2D eigenvalue weighted by atomic mass is 9.99. The molecule has 2 unspecified atom stereocenters. The van der Waals surface area contributed by atoms with E-state index in [1.54, 1.807) is 6.33 Å². The Morgan fingerprint density at radius 3 is 2.79 bits per heavy atom. The third-order valence-electron chi connectivity index (χ3n) is 2.80. The maximum absolute atomic E-state index is 5.91. The summed E-state index contributed by atoms with van der Waals surface area (Å²) < 4.78 is 0. The lowest BCUT2D eigenvalue weighted by Crippen LogP contribution is -2.45. The molecule has 2 N–H and O–H groups in total. The highest BCUT2D eigenvalue weighted by Gasteiger charge is 2.23. The van der Waals surface area contributed by atoms with E-state index in [9.17, 15) is 0 Å². The molecule has 76 valence electrons. The Bertz CT molecular complexity index is 287. The molecule has 0 spiro atoms. The normalized spacial score (nSPS) is 27.7. The zero-order valence-electron chi connectivity index (χ0n) is 8.43. The molecule has 0 aliphatic carbocycles. The van der Waals surface area contributed by atoms with Crippen molar-refractivity contribution in [2.24, 2.45) is 5.73 Å². The standard InChI is InChI=1S/C10H16N4/c1-8-4-9(11)2-3-14(8)10-5-12-7-13-6-10/h5-9H,2-4,11H2,1H3. The number of hydrogen-bond donors (Lipinski definition) is 1. The zero-order chi connectivity index (χ0) is 9.97. The molecule has 1 aromatic rings. The SMILES string of the molecule is CC1CC(N)CCN1c1cncnc1. The molecule has 1 aliphatic heterocycles. The van der Waals surface area contributed by atoms with Crippen molar-refractivity contribution in [2.75, 3.05) is 11.4 Å². The van der Waals surface area contributed by atoms with Crippen molar-refractivity contribution < 1.29 is 0 Å². The Kier molecular flexibility index (Phi) is 2.63. The average molecular weight is 192 g/mol. The highest BCUT2D eigenvalue weighted by molar-refractivity contribution is 5.43. The summed E-state index contributed by atoms with van der Waals surface area (Å²) in [6.45, 7) is 3.21. The molecular formula is C10H16N4. The van der Waals surface area contributed by atoms with Gasteiger partial charge in [-0.2, -0.15) is 0 Å². The van der Waals surface area contributed by atoms with Crippen LogP contribution in [0.5, 0.6) is 0 Å². The van der Waals surface area contributed by atoms with Gasteiger partial charge in [0.05, 0.1) is 18.1 Å². The summed E-state index contributed by atoms with van der Waals surface area (Å²) in [5.74, 6) is 0. The van der Waals surface area contributed by atoms with E-state index in [0.717, 1.165) is 25.1 Å². The van der Waals surface area contributed by atoms with Crippen molar-refractivity contribution in [1.29, 1.82) is 0 Å². The monoisotopic (exact) mass is 192 g/mol. The zero-order valence-corrected chi connectivity index (χ0v) is 8.43. The van der Waals surface area contributed by atoms with Crippen molar-refractivity contribution >= 4 is 5.69 Å². The number of aromatic nitrogens is 2. The van der Waals surface area contributed by atoms with Crippen LogP contribution in [0.3, 0.4) is 0 Å². The maximum Gasteiger partial charge on any atom is 0.115 e. The van der Waals surface area contributed by atoms with E-state index in [-0.39, 0.29) is 0 Å². The first-order valence-electron chi connectivity index (χ1n) is 5.04. The van der Waals surface area contributed by atoms with Gasteiger partial charge in [0.25, 0.3) is 0 Å². The molecule has 1 aliphatic rings. The molecule has 1 saturated heterocycles. The quantitative estimate of drug-likeness (QED) is 0.715. The van der Waals surface area contributed by atoms with Gasteiger partial charge in [0.15, 0.2) is 0 Å².